The Morgan fingerprint density at radius 3 is 2.58 bits per heavy atom. The minimum Gasteiger partial charge on any atom is -0.497 e. The molecule has 1 aliphatic rings. The van der Waals surface area contributed by atoms with Crippen molar-refractivity contribution in [1.82, 2.24) is 15.5 Å². The minimum atomic E-state index is 0. The Kier molecular flexibility index (Phi) is 10.5. The van der Waals surface area contributed by atoms with Crippen molar-refractivity contribution < 1.29 is 9.53 Å². The highest BCUT2D eigenvalue weighted by atomic mass is 35.5. The Hall–Kier alpha value is -1.30. The van der Waals surface area contributed by atoms with Gasteiger partial charge in [-0.1, -0.05) is 12.1 Å². The van der Waals surface area contributed by atoms with Crippen molar-refractivity contribution >= 4 is 18.3 Å². The molecule has 1 aromatic rings. The molecule has 1 amide bonds. The number of nitrogens with zero attached hydrogens (tertiary/aromatic N) is 1. The number of nitrogens with one attached hydrogen (secondary N) is 2. The van der Waals surface area contributed by atoms with E-state index in [0.717, 1.165) is 64.3 Å². The molecular weight excluding hydrogens is 326 g/mol. The van der Waals surface area contributed by atoms with Gasteiger partial charge >= 0.3 is 0 Å². The summed E-state index contributed by atoms with van der Waals surface area (Å²) in [6, 6.07) is 8.05. The van der Waals surface area contributed by atoms with Gasteiger partial charge in [0.1, 0.15) is 5.75 Å². The van der Waals surface area contributed by atoms with Crippen LogP contribution in [-0.2, 0) is 11.2 Å². The first-order chi connectivity index (χ1) is 11.3. The maximum atomic E-state index is 11.8. The largest absolute Gasteiger partial charge is 0.497 e. The zero-order valence-electron chi connectivity index (χ0n) is 14.6. The summed E-state index contributed by atoms with van der Waals surface area (Å²) in [6.45, 7) is 6.26. The Morgan fingerprint density at radius 2 is 1.92 bits per heavy atom. The molecule has 5 nitrogen and oxygen atoms in total. The third-order valence-electron chi connectivity index (χ3n) is 4.21. The van der Waals surface area contributed by atoms with Crippen molar-refractivity contribution in [3.63, 3.8) is 0 Å². The van der Waals surface area contributed by atoms with Crippen molar-refractivity contribution in [1.29, 1.82) is 0 Å². The third kappa shape index (κ3) is 7.99. The summed E-state index contributed by atoms with van der Waals surface area (Å²) < 4.78 is 5.14. The molecule has 1 fully saturated rings. The summed E-state index contributed by atoms with van der Waals surface area (Å²) in [7, 11) is 1.67. The van der Waals surface area contributed by atoms with Gasteiger partial charge in [0.15, 0.2) is 0 Å². The number of methoxy groups -OCH3 is 1. The number of rotatable bonds is 9. The highest BCUT2D eigenvalue weighted by molar-refractivity contribution is 5.85. The van der Waals surface area contributed by atoms with E-state index in [-0.39, 0.29) is 18.3 Å². The Bertz CT molecular complexity index is 462. The van der Waals surface area contributed by atoms with E-state index in [2.05, 4.69) is 27.7 Å². The molecular formula is C18H30ClN3O2. The predicted molar refractivity (Wildman–Crippen MR) is 100 cm³/mol. The van der Waals surface area contributed by atoms with E-state index in [4.69, 9.17) is 4.74 Å². The van der Waals surface area contributed by atoms with E-state index < -0.39 is 0 Å². The minimum absolute atomic E-state index is 0. The Labute approximate surface area is 151 Å². The van der Waals surface area contributed by atoms with Gasteiger partial charge in [-0.2, -0.15) is 0 Å². The van der Waals surface area contributed by atoms with Crippen LogP contribution < -0.4 is 15.4 Å². The normalized spacial score (nSPS) is 14.7. The smallest absolute Gasteiger partial charge is 0.220 e. The number of hydrogen-bond donors (Lipinski definition) is 2. The van der Waals surface area contributed by atoms with Crippen LogP contribution in [0.1, 0.15) is 24.8 Å². The van der Waals surface area contributed by atoms with E-state index >= 15 is 0 Å². The Balaban J connectivity index is 0.00000288. The summed E-state index contributed by atoms with van der Waals surface area (Å²) in [5, 5.41) is 6.37. The number of aryl methyl sites for hydroxylation is 1. The van der Waals surface area contributed by atoms with Gasteiger partial charge in [0.25, 0.3) is 0 Å². The van der Waals surface area contributed by atoms with E-state index in [9.17, 15) is 4.79 Å². The molecule has 6 heteroatoms. The molecule has 2 rings (SSSR count). The summed E-state index contributed by atoms with van der Waals surface area (Å²) in [5.74, 6) is 1.04. The lowest BCUT2D eigenvalue weighted by atomic mass is 10.1. The molecule has 1 aliphatic heterocycles. The summed E-state index contributed by atoms with van der Waals surface area (Å²) >= 11 is 0. The van der Waals surface area contributed by atoms with Crippen LogP contribution in [0.4, 0.5) is 0 Å². The number of ether oxygens (including phenoxy) is 1. The topological polar surface area (TPSA) is 53.6 Å². The molecule has 1 heterocycles. The van der Waals surface area contributed by atoms with Crippen molar-refractivity contribution in [3.05, 3.63) is 29.8 Å². The van der Waals surface area contributed by atoms with Crippen LogP contribution in [0, 0.1) is 0 Å². The summed E-state index contributed by atoms with van der Waals surface area (Å²) in [5.41, 5.74) is 1.25. The van der Waals surface area contributed by atoms with Crippen LogP contribution in [0.3, 0.4) is 0 Å². The lowest BCUT2D eigenvalue weighted by Gasteiger charge is -2.27. The first kappa shape index (κ1) is 20.7. The quantitative estimate of drug-likeness (QED) is 0.664. The highest BCUT2D eigenvalue weighted by Crippen LogP contribution is 2.13. The lowest BCUT2D eigenvalue weighted by molar-refractivity contribution is -0.121. The molecule has 0 spiro atoms. The SMILES string of the molecule is COc1ccc(CCCC(=O)NCCCN2CCNCC2)cc1.Cl. The van der Waals surface area contributed by atoms with Crippen LogP contribution in [0.25, 0.3) is 0 Å². The summed E-state index contributed by atoms with van der Waals surface area (Å²) in [6.07, 6.45) is 3.44. The monoisotopic (exact) mass is 355 g/mol. The van der Waals surface area contributed by atoms with Crippen molar-refractivity contribution in [2.24, 2.45) is 0 Å². The van der Waals surface area contributed by atoms with E-state index in [1.807, 2.05) is 12.1 Å². The van der Waals surface area contributed by atoms with E-state index in [1.165, 1.54) is 5.56 Å². The summed E-state index contributed by atoms with van der Waals surface area (Å²) in [4.78, 5) is 14.3. The second-order valence-electron chi connectivity index (χ2n) is 6.00. The second kappa shape index (κ2) is 12.1. The van der Waals surface area contributed by atoms with E-state index in [0.29, 0.717) is 6.42 Å². The van der Waals surface area contributed by atoms with Crippen molar-refractivity contribution in [2.75, 3.05) is 46.4 Å². The molecule has 136 valence electrons. The van der Waals surface area contributed by atoms with Crippen molar-refractivity contribution in [2.45, 2.75) is 25.7 Å². The number of carbonyl (C=O) groups excluding carboxylic acids is 1. The van der Waals surface area contributed by atoms with Gasteiger partial charge in [-0.3, -0.25) is 4.79 Å². The van der Waals surface area contributed by atoms with Gasteiger partial charge in [-0.15, -0.1) is 12.4 Å². The number of carbonyl (C=O) groups is 1. The highest BCUT2D eigenvalue weighted by Gasteiger charge is 2.08. The number of benzene rings is 1. The van der Waals surface area contributed by atoms with Gasteiger partial charge in [-0.05, 0) is 43.5 Å². The van der Waals surface area contributed by atoms with Crippen molar-refractivity contribution in [3.8, 4) is 5.75 Å². The fraction of sp³-hybridized carbons (Fsp3) is 0.611. The second-order valence-corrected chi connectivity index (χ2v) is 6.00. The van der Waals surface area contributed by atoms with Crippen LogP contribution in [0.5, 0.6) is 5.75 Å². The van der Waals surface area contributed by atoms with Gasteiger partial charge in [0.05, 0.1) is 7.11 Å². The fourth-order valence-corrected chi connectivity index (χ4v) is 2.80. The van der Waals surface area contributed by atoms with Crippen LogP contribution in [-0.4, -0.2) is 57.2 Å². The van der Waals surface area contributed by atoms with Gasteiger partial charge in [-0.25, -0.2) is 0 Å². The average molecular weight is 356 g/mol. The number of halogens is 1. The molecule has 1 saturated heterocycles. The van der Waals surface area contributed by atoms with Crippen LogP contribution in [0.2, 0.25) is 0 Å². The molecule has 24 heavy (non-hydrogen) atoms. The third-order valence-corrected chi connectivity index (χ3v) is 4.21. The molecule has 0 saturated carbocycles. The van der Waals surface area contributed by atoms with Gasteiger partial charge in [0, 0.05) is 39.1 Å². The maximum Gasteiger partial charge on any atom is 0.220 e. The molecule has 1 aromatic carbocycles. The molecule has 0 unspecified atom stereocenters. The van der Waals surface area contributed by atoms with Crippen LogP contribution in [0.15, 0.2) is 24.3 Å². The standard InChI is InChI=1S/C18H29N3O2.ClH/c1-23-17-8-6-16(7-9-17)4-2-5-18(22)20-10-3-13-21-14-11-19-12-15-21;/h6-9,19H,2-5,10-15H2,1H3,(H,20,22);1H. The molecule has 0 aromatic heterocycles. The first-order valence-electron chi connectivity index (χ1n) is 8.60. The molecule has 0 atom stereocenters. The average Bonchev–Trinajstić information content (AvgIpc) is 2.60. The fourth-order valence-electron chi connectivity index (χ4n) is 2.80. The zero-order valence-corrected chi connectivity index (χ0v) is 15.4. The van der Waals surface area contributed by atoms with Crippen LogP contribution >= 0.6 is 12.4 Å². The number of amides is 1. The number of piperazine rings is 1. The molecule has 0 aliphatic carbocycles. The molecule has 2 N–H and O–H groups in total. The van der Waals surface area contributed by atoms with E-state index in [1.54, 1.807) is 7.11 Å². The molecule has 0 bridgehead atoms. The maximum absolute atomic E-state index is 11.8. The zero-order chi connectivity index (χ0) is 16.3. The van der Waals surface area contributed by atoms with Gasteiger partial charge in [0.2, 0.25) is 5.91 Å². The molecule has 0 radical (unpaired) electrons. The number of hydrogen-bond acceptors (Lipinski definition) is 4. The first-order valence-corrected chi connectivity index (χ1v) is 8.60. The predicted octanol–water partition coefficient (Wildman–Crippen LogP) is 1.85. The lowest BCUT2D eigenvalue weighted by Crippen LogP contribution is -2.44. The van der Waals surface area contributed by atoms with Gasteiger partial charge < -0.3 is 20.3 Å². The Morgan fingerprint density at radius 1 is 1.21 bits per heavy atom.